The molecule has 2 rings (SSSR count). The third kappa shape index (κ3) is 3.96. The molecule has 0 fully saturated rings. The van der Waals surface area contributed by atoms with Crippen molar-refractivity contribution in [1.82, 2.24) is 15.5 Å². The van der Waals surface area contributed by atoms with Gasteiger partial charge in [-0.05, 0) is 32.5 Å². The van der Waals surface area contributed by atoms with E-state index in [-0.39, 0.29) is 6.10 Å². The number of nitrogens with one attached hydrogen (secondary N) is 2. The van der Waals surface area contributed by atoms with Crippen LogP contribution in [0.1, 0.15) is 26.2 Å². The summed E-state index contributed by atoms with van der Waals surface area (Å²) >= 11 is 0. The van der Waals surface area contributed by atoms with Crippen molar-refractivity contribution in [2.45, 2.75) is 32.9 Å². The number of benzene rings is 1. The Morgan fingerprint density at radius 3 is 2.95 bits per heavy atom. The average Bonchev–Trinajstić information content (AvgIpc) is 2.87. The Hall–Kier alpha value is -2.08. The lowest BCUT2D eigenvalue weighted by Crippen LogP contribution is -2.09. The van der Waals surface area contributed by atoms with E-state index < -0.39 is 0 Å². The lowest BCUT2D eigenvalue weighted by atomic mass is 10.3. The topological polar surface area (TPSA) is 72.2 Å². The van der Waals surface area contributed by atoms with E-state index in [0.29, 0.717) is 18.5 Å². The van der Waals surface area contributed by atoms with Gasteiger partial charge in [0, 0.05) is 11.8 Å². The lowest BCUT2D eigenvalue weighted by Gasteiger charge is -2.13. The van der Waals surface area contributed by atoms with Crippen molar-refractivity contribution < 1.29 is 9.15 Å². The van der Waals surface area contributed by atoms with E-state index >= 15 is 0 Å². The quantitative estimate of drug-likeness (QED) is 0.810. The zero-order valence-electron chi connectivity index (χ0n) is 12.0. The van der Waals surface area contributed by atoms with Crippen LogP contribution in [0.25, 0.3) is 0 Å². The minimum absolute atomic E-state index is 0.191. The molecule has 1 heterocycles. The Labute approximate surface area is 118 Å². The molecule has 0 saturated carbocycles. The number of rotatable bonds is 7. The van der Waals surface area contributed by atoms with Crippen LogP contribution < -0.4 is 15.4 Å². The van der Waals surface area contributed by atoms with Gasteiger partial charge >= 0.3 is 6.01 Å². The molecule has 108 valence electrons. The van der Waals surface area contributed by atoms with E-state index in [1.165, 1.54) is 0 Å². The first-order chi connectivity index (χ1) is 9.71. The first kappa shape index (κ1) is 14.3. The third-order valence-corrected chi connectivity index (χ3v) is 2.79. The zero-order chi connectivity index (χ0) is 14.4. The molecule has 0 radical (unpaired) electrons. The van der Waals surface area contributed by atoms with Crippen LogP contribution in [0.5, 0.6) is 5.75 Å². The van der Waals surface area contributed by atoms with Gasteiger partial charge in [-0.25, -0.2) is 0 Å². The van der Waals surface area contributed by atoms with E-state index in [9.17, 15) is 0 Å². The average molecular weight is 276 g/mol. The summed E-state index contributed by atoms with van der Waals surface area (Å²) in [6.45, 7) is 4.68. The molecule has 0 bridgehead atoms. The smallest absolute Gasteiger partial charge is 0.320 e. The van der Waals surface area contributed by atoms with Crippen molar-refractivity contribution in [2.24, 2.45) is 0 Å². The molecule has 1 aromatic carbocycles. The Bertz CT molecular complexity index is 541. The van der Waals surface area contributed by atoms with Gasteiger partial charge < -0.3 is 19.8 Å². The van der Waals surface area contributed by atoms with Crippen molar-refractivity contribution in [3.8, 4) is 5.75 Å². The summed E-state index contributed by atoms with van der Waals surface area (Å²) in [5, 5.41) is 13.9. The number of hydrogen-bond donors (Lipinski definition) is 2. The molecule has 2 aromatic rings. The predicted octanol–water partition coefficient (Wildman–Crippen LogP) is 2.71. The maximum atomic E-state index is 5.77. The number of aromatic nitrogens is 2. The lowest BCUT2D eigenvalue weighted by molar-refractivity contribution is 0.217. The fraction of sp³-hybridized carbons (Fsp3) is 0.429. The molecule has 0 saturated heterocycles. The van der Waals surface area contributed by atoms with E-state index in [1.807, 2.05) is 38.2 Å². The fourth-order valence-corrected chi connectivity index (χ4v) is 1.61. The number of ether oxygens (including phenoxy) is 1. The molecule has 0 spiro atoms. The minimum atomic E-state index is 0.191. The summed E-state index contributed by atoms with van der Waals surface area (Å²) in [4.78, 5) is 0. The molecular weight excluding hydrogens is 256 g/mol. The van der Waals surface area contributed by atoms with Gasteiger partial charge in [0.25, 0.3) is 0 Å². The molecule has 0 amide bonds. The van der Waals surface area contributed by atoms with Crippen LogP contribution in [-0.4, -0.2) is 23.3 Å². The van der Waals surface area contributed by atoms with Crippen molar-refractivity contribution in [1.29, 1.82) is 0 Å². The second-order valence-electron chi connectivity index (χ2n) is 4.52. The Kier molecular flexibility index (Phi) is 4.95. The standard InChI is InChI=1S/C14H20N4O2/c1-4-10(2)19-12-7-5-6-11(8-12)16-14-18-17-13(20-14)9-15-3/h5-8,10,15H,4,9H2,1-3H3,(H,16,18). The van der Waals surface area contributed by atoms with Crippen LogP contribution in [0.4, 0.5) is 11.7 Å². The molecule has 6 nitrogen and oxygen atoms in total. The van der Waals surface area contributed by atoms with Gasteiger partial charge in [0.2, 0.25) is 5.89 Å². The predicted molar refractivity (Wildman–Crippen MR) is 77.2 cm³/mol. The van der Waals surface area contributed by atoms with Crippen molar-refractivity contribution in [3.63, 3.8) is 0 Å². The first-order valence-corrected chi connectivity index (χ1v) is 6.72. The summed E-state index contributed by atoms with van der Waals surface area (Å²) in [6, 6.07) is 8.05. The van der Waals surface area contributed by atoms with Gasteiger partial charge in [-0.1, -0.05) is 18.1 Å². The highest BCUT2D eigenvalue weighted by atomic mass is 16.5. The Morgan fingerprint density at radius 2 is 2.20 bits per heavy atom. The van der Waals surface area contributed by atoms with Crippen LogP contribution in [0, 0.1) is 0 Å². The van der Waals surface area contributed by atoms with Crippen LogP contribution in [0.3, 0.4) is 0 Å². The van der Waals surface area contributed by atoms with Gasteiger partial charge in [-0.3, -0.25) is 0 Å². The minimum Gasteiger partial charge on any atom is -0.491 e. The molecule has 1 atom stereocenters. The first-order valence-electron chi connectivity index (χ1n) is 6.72. The number of anilines is 2. The summed E-state index contributed by atoms with van der Waals surface area (Å²) in [6.07, 6.45) is 1.16. The molecule has 0 aliphatic carbocycles. The molecule has 2 N–H and O–H groups in total. The molecule has 1 unspecified atom stereocenters. The van der Waals surface area contributed by atoms with Crippen LogP contribution >= 0.6 is 0 Å². The van der Waals surface area contributed by atoms with Crippen LogP contribution in [0.2, 0.25) is 0 Å². The highest BCUT2D eigenvalue weighted by Gasteiger charge is 2.06. The normalized spacial score (nSPS) is 12.2. The van der Waals surface area contributed by atoms with Gasteiger partial charge in [0.15, 0.2) is 0 Å². The fourth-order valence-electron chi connectivity index (χ4n) is 1.61. The third-order valence-electron chi connectivity index (χ3n) is 2.79. The summed E-state index contributed by atoms with van der Waals surface area (Å²) in [5.41, 5.74) is 0.852. The summed E-state index contributed by atoms with van der Waals surface area (Å²) < 4.78 is 11.2. The number of nitrogens with zero attached hydrogens (tertiary/aromatic N) is 2. The molecule has 0 aliphatic heterocycles. The highest BCUT2D eigenvalue weighted by molar-refractivity contribution is 5.54. The summed E-state index contributed by atoms with van der Waals surface area (Å²) in [5.74, 6) is 1.36. The van der Waals surface area contributed by atoms with E-state index in [1.54, 1.807) is 0 Å². The second-order valence-corrected chi connectivity index (χ2v) is 4.52. The maximum absolute atomic E-state index is 5.77. The van der Waals surface area contributed by atoms with Crippen molar-refractivity contribution >= 4 is 11.7 Å². The second kappa shape index (κ2) is 6.91. The van der Waals surface area contributed by atoms with Gasteiger partial charge in [0.05, 0.1) is 12.6 Å². The highest BCUT2D eigenvalue weighted by Crippen LogP contribution is 2.22. The van der Waals surface area contributed by atoms with E-state index in [4.69, 9.17) is 9.15 Å². The van der Waals surface area contributed by atoms with Gasteiger partial charge in [0.1, 0.15) is 5.75 Å². The molecular formula is C14H20N4O2. The Balaban J connectivity index is 2.03. The zero-order valence-corrected chi connectivity index (χ0v) is 12.0. The van der Waals surface area contributed by atoms with E-state index in [0.717, 1.165) is 17.9 Å². The van der Waals surface area contributed by atoms with Crippen LogP contribution in [0.15, 0.2) is 28.7 Å². The van der Waals surface area contributed by atoms with E-state index in [2.05, 4.69) is 27.8 Å². The maximum Gasteiger partial charge on any atom is 0.320 e. The SMILES string of the molecule is CCC(C)Oc1cccc(Nc2nnc(CNC)o2)c1. The van der Waals surface area contributed by atoms with Gasteiger partial charge in [-0.15, -0.1) is 5.10 Å². The number of hydrogen-bond acceptors (Lipinski definition) is 6. The largest absolute Gasteiger partial charge is 0.491 e. The van der Waals surface area contributed by atoms with Crippen molar-refractivity contribution in [3.05, 3.63) is 30.2 Å². The van der Waals surface area contributed by atoms with Gasteiger partial charge in [-0.2, -0.15) is 0 Å². The molecule has 1 aromatic heterocycles. The molecule has 20 heavy (non-hydrogen) atoms. The molecule has 6 heteroatoms. The van der Waals surface area contributed by atoms with Crippen molar-refractivity contribution in [2.75, 3.05) is 12.4 Å². The monoisotopic (exact) mass is 276 g/mol. The summed E-state index contributed by atoms with van der Waals surface area (Å²) in [7, 11) is 1.83. The van der Waals surface area contributed by atoms with Crippen LogP contribution in [-0.2, 0) is 6.54 Å². The molecule has 0 aliphatic rings. The Morgan fingerprint density at radius 1 is 1.35 bits per heavy atom.